The number of anilines is 1. The van der Waals surface area contributed by atoms with Crippen molar-refractivity contribution < 1.29 is 9.59 Å². The van der Waals surface area contributed by atoms with Crippen LogP contribution in [0.3, 0.4) is 0 Å². The van der Waals surface area contributed by atoms with Gasteiger partial charge in [-0.2, -0.15) is 0 Å². The summed E-state index contributed by atoms with van der Waals surface area (Å²) < 4.78 is 1.85. The molecule has 6 nitrogen and oxygen atoms in total. The van der Waals surface area contributed by atoms with Crippen molar-refractivity contribution in [1.82, 2.24) is 14.5 Å². The fraction of sp³-hybridized carbons (Fsp3) is 0.207. The first-order valence-electron chi connectivity index (χ1n) is 11.8. The van der Waals surface area contributed by atoms with Crippen LogP contribution in [0.5, 0.6) is 0 Å². The Morgan fingerprint density at radius 1 is 0.917 bits per heavy atom. The minimum atomic E-state index is -0.333. The number of hydrogen-bond donors (Lipinski definition) is 1. The summed E-state index contributed by atoms with van der Waals surface area (Å²) in [5.41, 5.74) is 5.33. The van der Waals surface area contributed by atoms with E-state index >= 15 is 0 Å². The van der Waals surface area contributed by atoms with Gasteiger partial charge in [0.05, 0.1) is 5.69 Å². The van der Waals surface area contributed by atoms with E-state index < -0.39 is 0 Å². The van der Waals surface area contributed by atoms with E-state index in [0.29, 0.717) is 16.5 Å². The predicted molar refractivity (Wildman–Crippen MR) is 145 cm³/mol. The topological polar surface area (TPSA) is 67.2 Å². The second-order valence-electron chi connectivity index (χ2n) is 9.10. The normalized spacial score (nSPS) is 10.9. The molecule has 0 saturated heterocycles. The lowest BCUT2D eigenvalue weighted by molar-refractivity contribution is -0.117. The molecule has 36 heavy (non-hydrogen) atoms. The van der Waals surface area contributed by atoms with Gasteiger partial charge in [0.2, 0.25) is 11.9 Å². The highest BCUT2D eigenvalue weighted by Gasteiger charge is 2.23. The second kappa shape index (κ2) is 10.8. The van der Waals surface area contributed by atoms with Crippen molar-refractivity contribution in [2.75, 3.05) is 11.9 Å². The zero-order valence-corrected chi connectivity index (χ0v) is 21.6. The molecular weight excluding hydrogens is 472 g/mol. The number of rotatable bonds is 7. The molecule has 0 spiro atoms. The maximum absolute atomic E-state index is 13.2. The van der Waals surface area contributed by atoms with Gasteiger partial charge in [-0.05, 0) is 64.1 Å². The third-order valence-electron chi connectivity index (χ3n) is 5.91. The van der Waals surface area contributed by atoms with E-state index in [9.17, 15) is 9.59 Å². The van der Waals surface area contributed by atoms with Gasteiger partial charge in [0.25, 0.3) is 5.91 Å². The summed E-state index contributed by atoms with van der Waals surface area (Å²) >= 11 is 5.96. The number of carbonyl (C=O) groups is 2. The van der Waals surface area contributed by atoms with Crippen molar-refractivity contribution in [3.8, 4) is 16.9 Å². The van der Waals surface area contributed by atoms with Crippen LogP contribution in [-0.4, -0.2) is 38.9 Å². The van der Waals surface area contributed by atoms with Crippen molar-refractivity contribution in [2.24, 2.45) is 0 Å². The lowest BCUT2D eigenvalue weighted by Crippen LogP contribution is -2.42. The number of aromatic nitrogens is 2. The van der Waals surface area contributed by atoms with Crippen molar-refractivity contribution in [1.29, 1.82) is 0 Å². The van der Waals surface area contributed by atoms with E-state index in [1.165, 1.54) is 4.90 Å². The highest BCUT2D eigenvalue weighted by atomic mass is 35.5. The number of nitrogens with zero attached hydrogens (tertiary/aromatic N) is 3. The SMILES string of the molecule is Cc1ccc(-c2cn(-c3ccc(C)cc3)c(NC(=O)CN(C(=O)c3ccc(Cl)cc3)C(C)C)n2)cc1. The van der Waals surface area contributed by atoms with Crippen LogP contribution >= 0.6 is 11.6 Å². The van der Waals surface area contributed by atoms with Gasteiger partial charge in [-0.25, -0.2) is 4.98 Å². The van der Waals surface area contributed by atoms with Crippen LogP contribution in [0.25, 0.3) is 16.9 Å². The number of imidazole rings is 1. The third-order valence-corrected chi connectivity index (χ3v) is 6.16. The number of carbonyl (C=O) groups excluding carboxylic acids is 2. The van der Waals surface area contributed by atoms with Gasteiger partial charge in [0, 0.05) is 34.1 Å². The first kappa shape index (κ1) is 25.2. The molecule has 1 N–H and O–H groups in total. The fourth-order valence-electron chi connectivity index (χ4n) is 3.80. The molecule has 2 amide bonds. The number of amides is 2. The third kappa shape index (κ3) is 5.83. The minimum Gasteiger partial charge on any atom is -0.327 e. The summed E-state index contributed by atoms with van der Waals surface area (Å²) in [5, 5.41) is 3.47. The number of benzene rings is 3. The molecule has 0 aliphatic carbocycles. The molecule has 3 aromatic carbocycles. The fourth-order valence-corrected chi connectivity index (χ4v) is 3.93. The van der Waals surface area contributed by atoms with Crippen LogP contribution in [0, 0.1) is 13.8 Å². The van der Waals surface area contributed by atoms with Crippen molar-refractivity contribution in [3.63, 3.8) is 0 Å². The molecule has 1 heterocycles. The van der Waals surface area contributed by atoms with Gasteiger partial charge in [0.1, 0.15) is 6.54 Å². The summed E-state index contributed by atoms with van der Waals surface area (Å²) in [6.07, 6.45) is 1.91. The molecule has 0 fully saturated rings. The molecule has 0 bridgehead atoms. The molecule has 4 rings (SSSR count). The van der Waals surface area contributed by atoms with Gasteiger partial charge in [-0.1, -0.05) is 59.1 Å². The Balaban J connectivity index is 1.61. The second-order valence-corrected chi connectivity index (χ2v) is 9.54. The minimum absolute atomic E-state index is 0.111. The Bertz CT molecular complexity index is 1360. The Hall–Kier alpha value is -3.90. The maximum atomic E-state index is 13.2. The van der Waals surface area contributed by atoms with Crippen LogP contribution in [0.4, 0.5) is 5.95 Å². The highest BCUT2D eigenvalue weighted by molar-refractivity contribution is 6.30. The summed E-state index contributed by atoms with van der Waals surface area (Å²) in [7, 11) is 0. The first-order chi connectivity index (χ1) is 17.2. The zero-order chi connectivity index (χ0) is 25.8. The Morgan fingerprint density at radius 2 is 1.50 bits per heavy atom. The Morgan fingerprint density at radius 3 is 2.08 bits per heavy atom. The first-order valence-corrected chi connectivity index (χ1v) is 12.2. The molecule has 4 aromatic rings. The van der Waals surface area contributed by atoms with E-state index in [4.69, 9.17) is 16.6 Å². The molecule has 0 atom stereocenters. The lowest BCUT2D eigenvalue weighted by atomic mass is 10.1. The molecule has 1 aromatic heterocycles. The molecule has 0 aliphatic heterocycles. The molecule has 0 radical (unpaired) electrons. The largest absolute Gasteiger partial charge is 0.327 e. The number of aryl methyl sites for hydroxylation is 2. The lowest BCUT2D eigenvalue weighted by Gasteiger charge is -2.26. The quantitative estimate of drug-likeness (QED) is 0.324. The van der Waals surface area contributed by atoms with E-state index in [0.717, 1.165) is 28.1 Å². The summed E-state index contributed by atoms with van der Waals surface area (Å²) in [5.74, 6) is -0.179. The molecular formula is C29H29ClN4O2. The van der Waals surface area contributed by atoms with Crippen LogP contribution < -0.4 is 5.32 Å². The number of nitrogens with one attached hydrogen (secondary N) is 1. The molecule has 184 valence electrons. The summed E-state index contributed by atoms with van der Waals surface area (Å²) in [6, 6.07) is 22.5. The predicted octanol–water partition coefficient (Wildman–Crippen LogP) is 6.30. The van der Waals surface area contributed by atoms with Crippen LogP contribution in [-0.2, 0) is 4.79 Å². The highest BCUT2D eigenvalue weighted by Crippen LogP contribution is 2.25. The Labute approximate surface area is 216 Å². The summed E-state index contributed by atoms with van der Waals surface area (Å²) in [6.45, 7) is 7.70. The Kier molecular flexibility index (Phi) is 7.55. The van der Waals surface area contributed by atoms with Crippen molar-refractivity contribution in [2.45, 2.75) is 33.7 Å². The van der Waals surface area contributed by atoms with Crippen molar-refractivity contribution in [3.05, 3.63) is 101 Å². The van der Waals surface area contributed by atoms with Gasteiger partial charge in [-0.3, -0.25) is 19.5 Å². The van der Waals surface area contributed by atoms with Crippen LogP contribution in [0.2, 0.25) is 5.02 Å². The molecule has 0 aliphatic rings. The molecule has 0 saturated carbocycles. The zero-order valence-electron chi connectivity index (χ0n) is 20.8. The van der Waals surface area contributed by atoms with Gasteiger partial charge in [-0.15, -0.1) is 0 Å². The number of hydrogen-bond acceptors (Lipinski definition) is 3. The summed E-state index contributed by atoms with van der Waals surface area (Å²) in [4.78, 5) is 32.5. The van der Waals surface area contributed by atoms with Gasteiger partial charge >= 0.3 is 0 Å². The molecule has 7 heteroatoms. The number of halogens is 1. The standard InChI is InChI=1S/C29H29ClN4O2/c1-19(2)33(28(36)23-11-13-24(30)14-12-23)18-27(35)32-29-31-26(22-9-5-20(3)6-10-22)17-34(29)25-15-7-21(4)8-16-25/h5-17,19H,18H2,1-4H3,(H,31,32,35). The van der Waals surface area contributed by atoms with Gasteiger partial charge < -0.3 is 4.90 Å². The van der Waals surface area contributed by atoms with Crippen molar-refractivity contribution >= 4 is 29.4 Å². The average molecular weight is 501 g/mol. The van der Waals surface area contributed by atoms with E-state index in [1.807, 2.05) is 87.0 Å². The van der Waals surface area contributed by atoms with E-state index in [1.54, 1.807) is 24.3 Å². The maximum Gasteiger partial charge on any atom is 0.254 e. The van der Waals surface area contributed by atoms with Crippen LogP contribution in [0.1, 0.15) is 35.3 Å². The monoisotopic (exact) mass is 500 g/mol. The average Bonchev–Trinajstić information content (AvgIpc) is 3.27. The molecule has 0 unspecified atom stereocenters. The van der Waals surface area contributed by atoms with Gasteiger partial charge in [0.15, 0.2) is 0 Å². The van der Waals surface area contributed by atoms with E-state index in [-0.39, 0.29) is 24.4 Å². The van der Waals surface area contributed by atoms with Crippen LogP contribution in [0.15, 0.2) is 79.0 Å². The smallest absolute Gasteiger partial charge is 0.254 e. The van der Waals surface area contributed by atoms with E-state index in [2.05, 4.69) is 5.32 Å².